The lowest BCUT2D eigenvalue weighted by molar-refractivity contribution is -0.126. The molecule has 0 aliphatic rings. The van der Waals surface area contributed by atoms with Crippen molar-refractivity contribution >= 4 is 11.9 Å². The van der Waals surface area contributed by atoms with E-state index in [4.69, 9.17) is 14.4 Å². The van der Waals surface area contributed by atoms with Crippen LogP contribution in [0.3, 0.4) is 0 Å². The second-order valence-electron chi connectivity index (χ2n) is 4.83. The van der Waals surface area contributed by atoms with Gasteiger partial charge in [-0.1, -0.05) is 17.3 Å². The standard InChI is InChI=1S/C15H17N3O5/c1-10-17-14(23-18-10)9-22-8-13(19)16-7-6-11-2-4-12(5-3-11)15(20)21/h2-5H,6-9H2,1H3,(H,16,19)(H,20,21). The first kappa shape index (κ1) is 16.6. The quantitative estimate of drug-likeness (QED) is 0.744. The summed E-state index contributed by atoms with van der Waals surface area (Å²) in [5, 5.41) is 15.1. The predicted octanol–water partition coefficient (Wildman–Crippen LogP) is 0.952. The van der Waals surface area contributed by atoms with Crippen LogP contribution >= 0.6 is 0 Å². The van der Waals surface area contributed by atoms with E-state index in [0.717, 1.165) is 5.56 Å². The van der Waals surface area contributed by atoms with E-state index in [1.807, 2.05) is 0 Å². The van der Waals surface area contributed by atoms with E-state index in [9.17, 15) is 9.59 Å². The van der Waals surface area contributed by atoms with Gasteiger partial charge in [-0.05, 0) is 31.0 Å². The normalized spacial score (nSPS) is 10.5. The molecule has 0 bridgehead atoms. The zero-order valence-corrected chi connectivity index (χ0v) is 12.6. The number of aromatic nitrogens is 2. The van der Waals surface area contributed by atoms with E-state index >= 15 is 0 Å². The Morgan fingerprint density at radius 2 is 2.04 bits per heavy atom. The van der Waals surface area contributed by atoms with E-state index < -0.39 is 5.97 Å². The molecule has 2 aromatic rings. The maximum absolute atomic E-state index is 11.6. The molecular weight excluding hydrogens is 302 g/mol. The third kappa shape index (κ3) is 5.51. The molecule has 0 aliphatic heterocycles. The lowest BCUT2D eigenvalue weighted by Gasteiger charge is -2.05. The molecule has 1 aromatic carbocycles. The van der Waals surface area contributed by atoms with E-state index in [-0.39, 0.29) is 24.7 Å². The van der Waals surface area contributed by atoms with Crippen LogP contribution in [-0.4, -0.2) is 40.3 Å². The van der Waals surface area contributed by atoms with Crippen LogP contribution in [0.4, 0.5) is 0 Å². The molecule has 0 unspecified atom stereocenters. The maximum Gasteiger partial charge on any atom is 0.335 e. The molecule has 1 amide bonds. The number of ether oxygens (including phenoxy) is 1. The summed E-state index contributed by atoms with van der Waals surface area (Å²) in [4.78, 5) is 26.3. The highest BCUT2D eigenvalue weighted by molar-refractivity contribution is 5.87. The molecule has 0 atom stereocenters. The predicted molar refractivity (Wildman–Crippen MR) is 78.8 cm³/mol. The van der Waals surface area contributed by atoms with Crippen LogP contribution in [0.5, 0.6) is 0 Å². The summed E-state index contributed by atoms with van der Waals surface area (Å²) in [6.07, 6.45) is 0.606. The Balaban J connectivity index is 1.63. The van der Waals surface area contributed by atoms with Gasteiger partial charge in [-0.3, -0.25) is 4.79 Å². The van der Waals surface area contributed by atoms with Gasteiger partial charge in [0, 0.05) is 6.54 Å². The average Bonchev–Trinajstić information content (AvgIpc) is 2.93. The number of aryl methyl sites for hydroxylation is 1. The fourth-order valence-corrected chi connectivity index (χ4v) is 1.84. The molecule has 1 aromatic heterocycles. The lowest BCUT2D eigenvalue weighted by Crippen LogP contribution is -2.29. The molecule has 0 radical (unpaired) electrons. The molecule has 0 saturated carbocycles. The summed E-state index contributed by atoms with van der Waals surface area (Å²) in [6.45, 7) is 2.13. The SMILES string of the molecule is Cc1noc(COCC(=O)NCCc2ccc(C(=O)O)cc2)n1. The van der Waals surface area contributed by atoms with Gasteiger partial charge in [-0.15, -0.1) is 0 Å². The van der Waals surface area contributed by atoms with E-state index in [1.54, 1.807) is 19.1 Å². The van der Waals surface area contributed by atoms with Crippen LogP contribution in [0.15, 0.2) is 28.8 Å². The number of benzene rings is 1. The second-order valence-corrected chi connectivity index (χ2v) is 4.83. The summed E-state index contributed by atoms with van der Waals surface area (Å²) in [7, 11) is 0. The number of hydrogen-bond donors (Lipinski definition) is 2. The van der Waals surface area contributed by atoms with Gasteiger partial charge in [0.25, 0.3) is 5.89 Å². The van der Waals surface area contributed by atoms with Crippen LogP contribution in [0.2, 0.25) is 0 Å². The molecule has 23 heavy (non-hydrogen) atoms. The zero-order chi connectivity index (χ0) is 16.7. The molecule has 122 valence electrons. The molecule has 1 heterocycles. The van der Waals surface area contributed by atoms with Crippen molar-refractivity contribution in [1.82, 2.24) is 15.5 Å². The largest absolute Gasteiger partial charge is 0.478 e. The van der Waals surface area contributed by atoms with Crippen LogP contribution in [-0.2, 0) is 22.6 Å². The fourth-order valence-electron chi connectivity index (χ4n) is 1.84. The summed E-state index contributed by atoms with van der Waals surface area (Å²) < 4.78 is 10.0. The Morgan fingerprint density at radius 1 is 1.30 bits per heavy atom. The Kier molecular flexibility index (Phi) is 5.81. The lowest BCUT2D eigenvalue weighted by atomic mass is 10.1. The van der Waals surface area contributed by atoms with Crippen molar-refractivity contribution in [3.63, 3.8) is 0 Å². The maximum atomic E-state index is 11.6. The summed E-state index contributed by atoms with van der Waals surface area (Å²) >= 11 is 0. The summed E-state index contributed by atoms with van der Waals surface area (Å²) in [5.41, 5.74) is 1.18. The number of nitrogens with one attached hydrogen (secondary N) is 1. The van der Waals surface area contributed by atoms with Crippen LogP contribution in [0.25, 0.3) is 0 Å². The number of carboxylic acid groups (broad SMARTS) is 1. The van der Waals surface area contributed by atoms with Crippen molar-refractivity contribution in [2.75, 3.05) is 13.2 Å². The van der Waals surface area contributed by atoms with Gasteiger partial charge in [0.05, 0.1) is 5.56 Å². The molecule has 8 heteroatoms. The number of carbonyl (C=O) groups is 2. The van der Waals surface area contributed by atoms with Crippen LogP contribution in [0.1, 0.15) is 27.6 Å². The highest BCUT2D eigenvalue weighted by atomic mass is 16.5. The Hall–Kier alpha value is -2.74. The first-order valence-electron chi connectivity index (χ1n) is 7.00. The van der Waals surface area contributed by atoms with Gasteiger partial charge in [0.15, 0.2) is 5.82 Å². The van der Waals surface area contributed by atoms with Crippen molar-refractivity contribution in [1.29, 1.82) is 0 Å². The van der Waals surface area contributed by atoms with Gasteiger partial charge in [0.2, 0.25) is 5.91 Å². The van der Waals surface area contributed by atoms with Gasteiger partial charge >= 0.3 is 5.97 Å². The Labute approximate surface area is 132 Å². The van der Waals surface area contributed by atoms with Crippen molar-refractivity contribution in [2.45, 2.75) is 20.0 Å². The monoisotopic (exact) mass is 319 g/mol. The van der Waals surface area contributed by atoms with Crippen molar-refractivity contribution in [2.24, 2.45) is 0 Å². The molecule has 0 aliphatic carbocycles. The van der Waals surface area contributed by atoms with Gasteiger partial charge < -0.3 is 19.7 Å². The van der Waals surface area contributed by atoms with Crippen LogP contribution < -0.4 is 5.32 Å². The molecule has 0 spiro atoms. The van der Waals surface area contributed by atoms with Gasteiger partial charge in [0.1, 0.15) is 13.2 Å². The summed E-state index contributed by atoms with van der Waals surface area (Å²) in [6, 6.07) is 6.53. The number of hydrogen-bond acceptors (Lipinski definition) is 6. The van der Waals surface area contributed by atoms with Crippen molar-refractivity contribution < 1.29 is 24.0 Å². The highest BCUT2D eigenvalue weighted by Gasteiger charge is 2.06. The smallest absolute Gasteiger partial charge is 0.335 e. The first-order valence-corrected chi connectivity index (χ1v) is 7.00. The third-order valence-corrected chi connectivity index (χ3v) is 2.97. The molecule has 2 rings (SSSR count). The van der Waals surface area contributed by atoms with E-state index in [1.165, 1.54) is 12.1 Å². The average molecular weight is 319 g/mol. The number of amides is 1. The second kappa shape index (κ2) is 8.04. The Morgan fingerprint density at radius 3 is 2.65 bits per heavy atom. The highest BCUT2D eigenvalue weighted by Crippen LogP contribution is 2.04. The van der Waals surface area contributed by atoms with Crippen molar-refractivity contribution in [3.8, 4) is 0 Å². The number of rotatable bonds is 8. The minimum atomic E-state index is -0.960. The van der Waals surface area contributed by atoms with Gasteiger partial charge in [-0.2, -0.15) is 4.98 Å². The number of carbonyl (C=O) groups excluding carboxylic acids is 1. The van der Waals surface area contributed by atoms with E-state index in [0.29, 0.717) is 24.7 Å². The van der Waals surface area contributed by atoms with E-state index in [2.05, 4.69) is 15.5 Å². The number of carboxylic acids is 1. The van der Waals surface area contributed by atoms with Crippen LogP contribution in [0, 0.1) is 6.92 Å². The fraction of sp³-hybridized carbons (Fsp3) is 0.333. The number of nitrogens with zero attached hydrogens (tertiary/aromatic N) is 2. The zero-order valence-electron chi connectivity index (χ0n) is 12.6. The minimum absolute atomic E-state index is 0.0882. The minimum Gasteiger partial charge on any atom is -0.478 e. The number of aromatic carboxylic acids is 1. The third-order valence-electron chi connectivity index (χ3n) is 2.97. The molecule has 0 fully saturated rings. The summed E-state index contributed by atoms with van der Waals surface area (Å²) in [5.74, 6) is -0.363. The first-order chi connectivity index (χ1) is 11.0. The molecular formula is C15H17N3O5. The Bertz CT molecular complexity index is 666. The molecule has 2 N–H and O–H groups in total. The van der Waals surface area contributed by atoms with Crippen molar-refractivity contribution in [3.05, 3.63) is 47.1 Å². The van der Waals surface area contributed by atoms with Gasteiger partial charge in [-0.25, -0.2) is 4.79 Å². The topological polar surface area (TPSA) is 115 Å². The molecule has 8 nitrogen and oxygen atoms in total. The molecule has 0 saturated heterocycles.